The SMILES string of the molecule is COCc1c(OC)ccc(CC(C)=O)c1F. The zero-order chi connectivity index (χ0) is 12.1. The zero-order valence-corrected chi connectivity index (χ0v) is 9.67. The fourth-order valence-corrected chi connectivity index (χ4v) is 1.53. The van der Waals surface area contributed by atoms with E-state index in [0.717, 1.165) is 0 Å². The molecule has 0 atom stereocenters. The molecule has 0 saturated heterocycles. The molecule has 0 spiro atoms. The Morgan fingerprint density at radius 1 is 1.38 bits per heavy atom. The average molecular weight is 226 g/mol. The van der Waals surface area contributed by atoms with Crippen LogP contribution in [-0.4, -0.2) is 20.0 Å². The van der Waals surface area contributed by atoms with Crippen LogP contribution in [0.3, 0.4) is 0 Å². The summed E-state index contributed by atoms with van der Waals surface area (Å²) in [5.41, 5.74) is 0.726. The van der Waals surface area contributed by atoms with Crippen LogP contribution in [0.5, 0.6) is 5.75 Å². The van der Waals surface area contributed by atoms with Crippen LogP contribution in [0, 0.1) is 5.82 Å². The first-order valence-electron chi connectivity index (χ1n) is 4.92. The van der Waals surface area contributed by atoms with Crippen molar-refractivity contribution in [3.05, 3.63) is 29.1 Å². The van der Waals surface area contributed by atoms with E-state index in [2.05, 4.69) is 0 Å². The summed E-state index contributed by atoms with van der Waals surface area (Å²) in [4.78, 5) is 11.0. The highest BCUT2D eigenvalue weighted by Crippen LogP contribution is 2.25. The molecule has 0 N–H and O–H groups in total. The van der Waals surface area contributed by atoms with Crippen molar-refractivity contribution in [2.75, 3.05) is 14.2 Å². The third-order valence-electron chi connectivity index (χ3n) is 2.23. The molecular formula is C12H15FO3. The van der Waals surface area contributed by atoms with Gasteiger partial charge in [0.05, 0.1) is 19.3 Å². The zero-order valence-electron chi connectivity index (χ0n) is 9.67. The third-order valence-corrected chi connectivity index (χ3v) is 2.23. The largest absolute Gasteiger partial charge is 0.496 e. The van der Waals surface area contributed by atoms with Crippen molar-refractivity contribution in [3.8, 4) is 5.75 Å². The monoisotopic (exact) mass is 226 g/mol. The normalized spacial score (nSPS) is 10.2. The van der Waals surface area contributed by atoms with Gasteiger partial charge in [-0.05, 0) is 18.6 Å². The fourth-order valence-electron chi connectivity index (χ4n) is 1.53. The standard InChI is InChI=1S/C12H15FO3/c1-8(14)6-9-4-5-11(16-3)10(7-15-2)12(9)13/h4-5H,6-7H2,1-3H3. The number of carbonyl (C=O) groups is 1. The van der Waals surface area contributed by atoms with Gasteiger partial charge in [0, 0.05) is 13.5 Å². The topological polar surface area (TPSA) is 35.5 Å². The van der Waals surface area contributed by atoms with E-state index < -0.39 is 5.82 Å². The molecule has 1 aromatic carbocycles. The summed E-state index contributed by atoms with van der Waals surface area (Å²) in [6.07, 6.45) is 0.0898. The molecule has 16 heavy (non-hydrogen) atoms. The highest BCUT2D eigenvalue weighted by atomic mass is 19.1. The molecule has 1 aromatic rings. The molecule has 1 rings (SSSR count). The predicted octanol–water partition coefficient (Wildman–Crippen LogP) is 2.11. The summed E-state index contributed by atoms with van der Waals surface area (Å²) >= 11 is 0. The van der Waals surface area contributed by atoms with Crippen LogP contribution in [0.2, 0.25) is 0 Å². The maximum atomic E-state index is 14.0. The van der Waals surface area contributed by atoms with Gasteiger partial charge in [0.25, 0.3) is 0 Å². The Labute approximate surface area is 94.2 Å². The van der Waals surface area contributed by atoms with E-state index in [0.29, 0.717) is 16.9 Å². The van der Waals surface area contributed by atoms with E-state index in [4.69, 9.17) is 9.47 Å². The van der Waals surface area contributed by atoms with Gasteiger partial charge < -0.3 is 9.47 Å². The second-order valence-electron chi connectivity index (χ2n) is 3.53. The summed E-state index contributed by atoms with van der Waals surface area (Å²) in [6, 6.07) is 3.21. The fraction of sp³-hybridized carbons (Fsp3) is 0.417. The number of methoxy groups -OCH3 is 2. The summed E-state index contributed by atoms with van der Waals surface area (Å²) < 4.78 is 23.9. The van der Waals surface area contributed by atoms with Gasteiger partial charge in [-0.25, -0.2) is 4.39 Å². The number of ketones is 1. The van der Waals surface area contributed by atoms with E-state index >= 15 is 0 Å². The number of hydrogen-bond donors (Lipinski definition) is 0. The molecule has 88 valence electrons. The lowest BCUT2D eigenvalue weighted by atomic mass is 10.0. The average Bonchev–Trinajstić information content (AvgIpc) is 2.24. The lowest BCUT2D eigenvalue weighted by Gasteiger charge is -2.11. The Bertz CT molecular complexity index is 388. The first-order chi connectivity index (χ1) is 7.60. The van der Waals surface area contributed by atoms with Crippen molar-refractivity contribution in [3.63, 3.8) is 0 Å². The molecular weight excluding hydrogens is 211 g/mol. The molecule has 3 nitrogen and oxygen atoms in total. The molecule has 0 aromatic heterocycles. The Morgan fingerprint density at radius 3 is 2.56 bits per heavy atom. The van der Waals surface area contributed by atoms with Crippen molar-refractivity contribution in [1.29, 1.82) is 0 Å². The van der Waals surface area contributed by atoms with Gasteiger partial charge in [0.2, 0.25) is 0 Å². The molecule has 0 heterocycles. The van der Waals surface area contributed by atoms with Crippen LogP contribution in [-0.2, 0) is 22.6 Å². The van der Waals surface area contributed by atoms with E-state index in [9.17, 15) is 9.18 Å². The van der Waals surface area contributed by atoms with Gasteiger partial charge in [-0.15, -0.1) is 0 Å². The minimum atomic E-state index is -0.420. The summed E-state index contributed by atoms with van der Waals surface area (Å²) in [5.74, 6) is -0.0597. The summed E-state index contributed by atoms with van der Waals surface area (Å²) in [5, 5.41) is 0. The highest BCUT2D eigenvalue weighted by Gasteiger charge is 2.14. The Kier molecular flexibility index (Phi) is 4.43. The molecule has 4 heteroatoms. The van der Waals surface area contributed by atoms with Crippen LogP contribution in [0.25, 0.3) is 0 Å². The number of ether oxygens (including phenoxy) is 2. The molecule has 0 bridgehead atoms. The number of Topliss-reactive ketones (excluding diaryl/α,β-unsaturated/α-hetero) is 1. The highest BCUT2D eigenvalue weighted by molar-refractivity contribution is 5.78. The third kappa shape index (κ3) is 2.79. The Morgan fingerprint density at radius 2 is 2.06 bits per heavy atom. The maximum absolute atomic E-state index is 14.0. The second-order valence-corrected chi connectivity index (χ2v) is 3.53. The quantitative estimate of drug-likeness (QED) is 0.771. The first-order valence-corrected chi connectivity index (χ1v) is 4.92. The Balaban J connectivity index is 3.14. The first kappa shape index (κ1) is 12.6. The molecule has 0 aliphatic rings. The molecule has 0 saturated carbocycles. The maximum Gasteiger partial charge on any atom is 0.136 e. The molecule has 0 fully saturated rings. The molecule has 0 radical (unpaired) electrons. The van der Waals surface area contributed by atoms with Gasteiger partial charge >= 0.3 is 0 Å². The van der Waals surface area contributed by atoms with Crippen molar-refractivity contribution in [2.45, 2.75) is 20.0 Å². The second kappa shape index (κ2) is 5.61. The molecule has 0 aliphatic carbocycles. The molecule has 0 amide bonds. The lowest BCUT2D eigenvalue weighted by Crippen LogP contribution is -2.05. The minimum absolute atomic E-state index is 0.0765. The van der Waals surface area contributed by atoms with Gasteiger partial charge in [0.1, 0.15) is 17.3 Å². The number of hydrogen-bond acceptors (Lipinski definition) is 3. The molecule has 0 aliphatic heterocycles. The number of carbonyl (C=O) groups excluding carboxylic acids is 1. The molecule has 0 unspecified atom stereocenters. The van der Waals surface area contributed by atoms with Crippen LogP contribution in [0.15, 0.2) is 12.1 Å². The predicted molar refractivity (Wildman–Crippen MR) is 58.1 cm³/mol. The minimum Gasteiger partial charge on any atom is -0.496 e. The van der Waals surface area contributed by atoms with Crippen molar-refractivity contribution in [1.82, 2.24) is 0 Å². The van der Waals surface area contributed by atoms with Crippen molar-refractivity contribution >= 4 is 5.78 Å². The van der Waals surface area contributed by atoms with Gasteiger partial charge in [-0.2, -0.15) is 0 Å². The van der Waals surface area contributed by atoms with Crippen LogP contribution >= 0.6 is 0 Å². The van der Waals surface area contributed by atoms with Crippen molar-refractivity contribution in [2.24, 2.45) is 0 Å². The summed E-state index contributed by atoms with van der Waals surface area (Å²) in [6.45, 7) is 1.56. The number of benzene rings is 1. The number of halogens is 1. The lowest BCUT2D eigenvalue weighted by molar-refractivity contribution is -0.116. The number of rotatable bonds is 5. The van der Waals surface area contributed by atoms with Crippen LogP contribution in [0.4, 0.5) is 4.39 Å². The van der Waals surface area contributed by atoms with Crippen LogP contribution < -0.4 is 4.74 Å². The van der Waals surface area contributed by atoms with E-state index in [1.165, 1.54) is 21.1 Å². The van der Waals surface area contributed by atoms with Gasteiger partial charge in [0.15, 0.2) is 0 Å². The smallest absolute Gasteiger partial charge is 0.136 e. The van der Waals surface area contributed by atoms with E-state index in [1.54, 1.807) is 12.1 Å². The Hall–Kier alpha value is -1.42. The van der Waals surface area contributed by atoms with Crippen LogP contribution in [0.1, 0.15) is 18.1 Å². The van der Waals surface area contributed by atoms with Gasteiger partial charge in [-0.1, -0.05) is 6.07 Å². The summed E-state index contributed by atoms with van der Waals surface area (Å²) in [7, 11) is 2.95. The van der Waals surface area contributed by atoms with E-state index in [-0.39, 0.29) is 18.8 Å². The van der Waals surface area contributed by atoms with Gasteiger partial charge in [-0.3, -0.25) is 4.79 Å². The van der Waals surface area contributed by atoms with Crippen molar-refractivity contribution < 1.29 is 18.7 Å². The van der Waals surface area contributed by atoms with E-state index in [1.807, 2.05) is 0 Å².